The van der Waals surface area contributed by atoms with Gasteiger partial charge in [0, 0.05) is 30.6 Å². The molecule has 1 aliphatic heterocycles. The number of para-hydroxylation sites is 1. The highest BCUT2D eigenvalue weighted by Crippen LogP contribution is 2.46. The summed E-state index contributed by atoms with van der Waals surface area (Å²) in [6, 6.07) is 10.6. The number of fused-ring (bicyclic) bond motifs is 2. The predicted molar refractivity (Wildman–Crippen MR) is 94.9 cm³/mol. The molecule has 122 valence electrons. The second-order valence-corrected chi connectivity index (χ2v) is 7.29. The monoisotopic (exact) mass is 338 g/mol. The molecule has 1 aromatic carbocycles. The number of H-pyrrole nitrogens is 1. The maximum atomic E-state index is 6.32. The summed E-state index contributed by atoms with van der Waals surface area (Å²) in [4.78, 5) is 15.3. The van der Waals surface area contributed by atoms with Crippen LogP contribution in [0, 0.1) is 5.92 Å². The van der Waals surface area contributed by atoms with Crippen LogP contribution in [0.15, 0.2) is 36.7 Å². The summed E-state index contributed by atoms with van der Waals surface area (Å²) >= 11 is 6.32. The number of hydrogen-bond donors (Lipinski definition) is 1. The van der Waals surface area contributed by atoms with Gasteiger partial charge >= 0.3 is 0 Å². The average Bonchev–Trinajstić information content (AvgIpc) is 3.32. The van der Waals surface area contributed by atoms with Gasteiger partial charge in [-0.25, -0.2) is 9.97 Å². The molecule has 24 heavy (non-hydrogen) atoms. The van der Waals surface area contributed by atoms with E-state index in [9.17, 15) is 0 Å². The number of rotatable bonds is 3. The van der Waals surface area contributed by atoms with Gasteiger partial charge < -0.3 is 4.98 Å². The average molecular weight is 339 g/mol. The summed E-state index contributed by atoms with van der Waals surface area (Å²) in [6.07, 6.45) is 5.50. The first-order valence-electron chi connectivity index (χ1n) is 8.60. The zero-order chi connectivity index (χ0) is 16.1. The van der Waals surface area contributed by atoms with Crippen LogP contribution in [-0.2, 0) is 13.0 Å². The normalized spacial score (nSPS) is 21.1. The van der Waals surface area contributed by atoms with Crippen molar-refractivity contribution in [2.75, 3.05) is 6.54 Å². The van der Waals surface area contributed by atoms with Gasteiger partial charge in [0.25, 0.3) is 0 Å². The molecular weight excluding hydrogens is 320 g/mol. The fourth-order valence-electron chi connectivity index (χ4n) is 3.91. The minimum atomic E-state index is 0.434. The van der Waals surface area contributed by atoms with Gasteiger partial charge in [0.1, 0.15) is 0 Å². The number of halogens is 1. The van der Waals surface area contributed by atoms with E-state index in [-0.39, 0.29) is 0 Å². The highest BCUT2D eigenvalue weighted by Gasteiger charge is 2.40. The summed E-state index contributed by atoms with van der Waals surface area (Å²) in [5.41, 5.74) is 4.55. The summed E-state index contributed by atoms with van der Waals surface area (Å²) in [5, 5.41) is 1.82. The largest absolute Gasteiger partial charge is 0.348 e. The van der Waals surface area contributed by atoms with Crippen molar-refractivity contribution in [3.8, 4) is 0 Å². The first-order chi connectivity index (χ1) is 11.8. The molecule has 5 rings (SSSR count). The van der Waals surface area contributed by atoms with Crippen molar-refractivity contribution in [1.82, 2.24) is 19.9 Å². The minimum absolute atomic E-state index is 0.434. The van der Waals surface area contributed by atoms with E-state index in [1.54, 1.807) is 0 Å². The summed E-state index contributed by atoms with van der Waals surface area (Å²) in [7, 11) is 0. The van der Waals surface area contributed by atoms with Crippen LogP contribution in [0.2, 0.25) is 5.02 Å². The predicted octanol–water partition coefficient (Wildman–Crippen LogP) is 4.12. The number of imidazole rings is 1. The van der Waals surface area contributed by atoms with E-state index in [2.05, 4.69) is 33.1 Å². The molecule has 1 aliphatic carbocycles. The van der Waals surface area contributed by atoms with Crippen molar-refractivity contribution in [2.45, 2.75) is 31.8 Å². The van der Waals surface area contributed by atoms with E-state index >= 15 is 0 Å². The number of pyridine rings is 1. The van der Waals surface area contributed by atoms with Crippen LogP contribution in [-0.4, -0.2) is 26.4 Å². The molecule has 0 unspecified atom stereocenters. The number of nitrogens with zero attached hydrogens (tertiary/aromatic N) is 3. The number of hydrogen-bond acceptors (Lipinski definition) is 3. The number of aromatic nitrogens is 3. The van der Waals surface area contributed by atoms with Crippen molar-refractivity contribution in [3.63, 3.8) is 0 Å². The third kappa shape index (κ3) is 2.41. The van der Waals surface area contributed by atoms with E-state index in [0.717, 1.165) is 47.0 Å². The second kappa shape index (κ2) is 5.57. The van der Waals surface area contributed by atoms with E-state index in [4.69, 9.17) is 16.6 Å². The lowest BCUT2D eigenvalue weighted by atomic mass is 9.98. The Kier molecular flexibility index (Phi) is 3.35. The Morgan fingerprint density at radius 3 is 3.00 bits per heavy atom. The topological polar surface area (TPSA) is 44.8 Å². The lowest BCUT2D eigenvalue weighted by molar-refractivity contribution is 0.151. The van der Waals surface area contributed by atoms with Crippen molar-refractivity contribution in [3.05, 3.63) is 58.8 Å². The zero-order valence-electron chi connectivity index (χ0n) is 13.4. The Labute approximate surface area is 145 Å². The van der Waals surface area contributed by atoms with Crippen LogP contribution >= 0.6 is 11.6 Å². The van der Waals surface area contributed by atoms with Crippen LogP contribution < -0.4 is 0 Å². The van der Waals surface area contributed by atoms with Gasteiger partial charge in [0.05, 0.1) is 34.3 Å². The van der Waals surface area contributed by atoms with Gasteiger partial charge in [0.15, 0.2) is 0 Å². The first-order valence-corrected chi connectivity index (χ1v) is 8.98. The number of aromatic amines is 1. The van der Waals surface area contributed by atoms with E-state index < -0.39 is 0 Å². The molecule has 0 amide bonds. The van der Waals surface area contributed by atoms with Gasteiger partial charge in [-0.3, -0.25) is 4.90 Å². The van der Waals surface area contributed by atoms with Crippen LogP contribution in [0.25, 0.3) is 10.9 Å². The molecule has 1 N–H and O–H groups in total. The molecule has 4 nitrogen and oxygen atoms in total. The molecule has 2 aromatic heterocycles. The Bertz CT molecular complexity index is 899. The third-order valence-corrected chi connectivity index (χ3v) is 5.54. The van der Waals surface area contributed by atoms with Crippen LogP contribution in [0.3, 0.4) is 0 Å². The molecule has 5 heteroatoms. The smallest absolute Gasteiger partial charge is 0.0925 e. The van der Waals surface area contributed by atoms with Gasteiger partial charge in [0.2, 0.25) is 0 Å². The quantitative estimate of drug-likeness (QED) is 0.781. The SMILES string of the molecule is Clc1cccc2ccc(CN3CCc4[nH]cnc4[C@@H]3C3CC3)nc12. The summed E-state index contributed by atoms with van der Waals surface area (Å²) in [6.45, 7) is 1.91. The van der Waals surface area contributed by atoms with Crippen LogP contribution in [0.4, 0.5) is 0 Å². The van der Waals surface area contributed by atoms with Gasteiger partial charge in [-0.2, -0.15) is 0 Å². The molecule has 3 heterocycles. The van der Waals surface area contributed by atoms with Crippen molar-refractivity contribution >= 4 is 22.5 Å². The molecule has 0 bridgehead atoms. The standard InChI is InChI=1S/C19H19ClN4/c20-15-3-1-2-12-6-7-14(23-17(12)15)10-24-9-8-16-18(22-11-21-16)19(24)13-4-5-13/h1-3,6-7,11,13,19H,4-5,8-10H2,(H,21,22)/t19-/m0/s1. The summed E-state index contributed by atoms with van der Waals surface area (Å²) < 4.78 is 0. The molecule has 2 aliphatic rings. The summed E-state index contributed by atoms with van der Waals surface area (Å²) in [5.74, 6) is 0.747. The van der Waals surface area contributed by atoms with Gasteiger partial charge in [-0.1, -0.05) is 29.8 Å². The maximum Gasteiger partial charge on any atom is 0.0925 e. The molecule has 0 radical (unpaired) electrons. The van der Waals surface area contributed by atoms with Crippen LogP contribution in [0.5, 0.6) is 0 Å². The minimum Gasteiger partial charge on any atom is -0.348 e. The zero-order valence-corrected chi connectivity index (χ0v) is 14.1. The lowest BCUT2D eigenvalue weighted by Crippen LogP contribution is -2.36. The van der Waals surface area contributed by atoms with Gasteiger partial charge in [-0.05, 0) is 30.9 Å². The fraction of sp³-hybridized carbons (Fsp3) is 0.368. The Morgan fingerprint density at radius 2 is 2.12 bits per heavy atom. The van der Waals surface area contributed by atoms with E-state index in [1.165, 1.54) is 24.2 Å². The highest BCUT2D eigenvalue weighted by atomic mass is 35.5. The first kappa shape index (κ1) is 14.4. The molecule has 0 saturated heterocycles. The molecule has 3 aromatic rings. The highest BCUT2D eigenvalue weighted by molar-refractivity contribution is 6.35. The third-order valence-electron chi connectivity index (χ3n) is 5.24. The fourth-order valence-corrected chi connectivity index (χ4v) is 4.14. The van der Waals surface area contributed by atoms with Crippen molar-refractivity contribution in [1.29, 1.82) is 0 Å². The van der Waals surface area contributed by atoms with E-state index in [0.29, 0.717) is 6.04 Å². The molecule has 1 fully saturated rings. The molecule has 0 spiro atoms. The van der Waals surface area contributed by atoms with Crippen molar-refractivity contribution in [2.24, 2.45) is 5.92 Å². The van der Waals surface area contributed by atoms with Crippen molar-refractivity contribution < 1.29 is 0 Å². The van der Waals surface area contributed by atoms with Gasteiger partial charge in [-0.15, -0.1) is 0 Å². The van der Waals surface area contributed by atoms with E-state index in [1.807, 2.05) is 18.5 Å². The molecular formula is C19H19ClN4. The maximum absolute atomic E-state index is 6.32. The number of nitrogens with one attached hydrogen (secondary N) is 1. The Balaban J connectivity index is 1.48. The Morgan fingerprint density at radius 1 is 1.21 bits per heavy atom. The van der Waals surface area contributed by atoms with Crippen LogP contribution in [0.1, 0.15) is 36.0 Å². The Hall–Kier alpha value is -1.91. The number of benzene rings is 1. The molecule has 1 atom stereocenters. The molecule has 1 saturated carbocycles. The lowest BCUT2D eigenvalue weighted by Gasteiger charge is -2.35. The second-order valence-electron chi connectivity index (χ2n) is 6.88.